The van der Waals surface area contributed by atoms with Gasteiger partial charge >= 0.3 is 12.0 Å². The number of hydrogen-bond acceptors (Lipinski definition) is 5. The Morgan fingerprint density at radius 1 is 1.33 bits per heavy atom. The van der Waals surface area contributed by atoms with Crippen LogP contribution in [0.3, 0.4) is 0 Å². The van der Waals surface area contributed by atoms with E-state index < -0.39 is 24.0 Å². The highest BCUT2D eigenvalue weighted by molar-refractivity contribution is 5.97. The van der Waals surface area contributed by atoms with Crippen LogP contribution in [-0.2, 0) is 20.7 Å². The van der Waals surface area contributed by atoms with Crippen molar-refractivity contribution in [3.8, 4) is 0 Å². The van der Waals surface area contributed by atoms with Crippen LogP contribution in [0.5, 0.6) is 0 Å². The molecule has 0 heterocycles. The van der Waals surface area contributed by atoms with E-state index in [1.165, 1.54) is 6.92 Å². The number of hydrogen-bond donors (Lipinski definition) is 3. The molecule has 0 saturated heterocycles. The summed E-state index contributed by atoms with van der Waals surface area (Å²) in [6.07, 6.45) is -1.05. The summed E-state index contributed by atoms with van der Waals surface area (Å²) in [5, 5.41) is 4.48. The number of benzene rings is 1. The molecule has 0 aliphatic heterocycles. The van der Waals surface area contributed by atoms with Gasteiger partial charge in [0.2, 0.25) is 0 Å². The third-order valence-electron chi connectivity index (χ3n) is 2.55. The number of carbonyl (C=O) groups excluding carboxylic acids is 3. The number of nitrogens with one attached hydrogen (secondary N) is 2. The Bertz CT molecular complexity index is 531. The zero-order valence-corrected chi connectivity index (χ0v) is 12.0. The van der Waals surface area contributed by atoms with Gasteiger partial charge in [-0.1, -0.05) is 12.1 Å². The zero-order chi connectivity index (χ0) is 15.8. The predicted molar refractivity (Wildman–Crippen MR) is 77.3 cm³/mol. The summed E-state index contributed by atoms with van der Waals surface area (Å²) in [5.74, 6) is -1.25. The standard InChI is InChI=1S/C14H19N3O4/c1-3-16-14(20)17-13(19)9(2)21-12(18)8-10-5-4-6-11(15)7-10/h4-7,9H,3,8,15H2,1-2H3,(H2,16,17,19,20). The van der Waals surface area contributed by atoms with E-state index in [0.29, 0.717) is 17.8 Å². The van der Waals surface area contributed by atoms with Gasteiger partial charge < -0.3 is 15.8 Å². The minimum Gasteiger partial charge on any atom is -0.452 e. The van der Waals surface area contributed by atoms with Crippen molar-refractivity contribution in [2.45, 2.75) is 26.4 Å². The highest BCUT2D eigenvalue weighted by Gasteiger charge is 2.19. The lowest BCUT2D eigenvalue weighted by Gasteiger charge is -2.13. The molecule has 0 fully saturated rings. The normalized spacial score (nSPS) is 11.3. The first-order valence-corrected chi connectivity index (χ1v) is 6.55. The van der Waals surface area contributed by atoms with E-state index in [0.717, 1.165) is 0 Å². The highest BCUT2D eigenvalue weighted by atomic mass is 16.5. The van der Waals surface area contributed by atoms with E-state index in [9.17, 15) is 14.4 Å². The summed E-state index contributed by atoms with van der Waals surface area (Å²) in [7, 11) is 0. The second-order valence-electron chi connectivity index (χ2n) is 4.40. The predicted octanol–water partition coefficient (Wildman–Crippen LogP) is 0.589. The van der Waals surface area contributed by atoms with Crippen molar-refractivity contribution in [2.24, 2.45) is 0 Å². The lowest BCUT2D eigenvalue weighted by molar-refractivity contribution is -0.153. The maximum Gasteiger partial charge on any atom is 0.321 e. The fraction of sp³-hybridized carbons (Fsp3) is 0.357. The first kappa shape index (κ1) is 16.5. The van der Waals surface area contributed by atoms with Gasteiger partial charge in [0, 0.05) is 12.2 Å². The van der Waals surface area contributed by atoms with Crippen LogP contribution >= 0.6 is 0 Å². The molecule has 0 radical (unpaired) electrons. The van der Waals surface area contributed by atoms with Crippen LogP contribution in [0.25, 0.3) is 0 Å². The van der Waals surface area contributed by atoms with Gasteiger partial charge in [0.05, 0.1) is 6.42 Å². The lowest BCUT2D eigenvalue weighted by Crippen LogP contribution is -2.44. The monoisotopic (exact) mass is 293 g/mol. The third-order valence-corrected chi connectivity index (χ3v) is 2.55. The van der Waals surface area contributed by atoms with Gasteiger partial charge in [-0.05, 0) is 31.5 Å². The molecule has 0 aliphatic rings. The maximum atomic E-state index is 11.7. The third kappa shape index (κ3) is 5.94. The Kier molecular flexibility index (Phi) is 6.19. The molecule has 1 aromatic rings. The molecule has 4 N–H and O–H groups in total. The zero-order valence-electron chi connectivity index (χ0n) is 12.0. The minimum atomic E-state index is -1.05. The Morgan fingerprint density at radius 2 is 2.05 bits per heavy atom. The molecule has 1 rings (SSSR count). The summed E-state index contributed by atoms with van der Waals surface area (Å²) in [6.45, 7) is 3.51. The molecule has 3 amide bonds. The number of nitrogen functional groups attached to an aromatic ring is 1. The fourth-order valence-electron chi connectivity index (χ4n) is 1.58. The molecule has 0 aromatic heterocycles. The molecular formula is C14H19N3O4. The highest BCUT2D eigenvalue weighted by Crippen LogP contribution is 2.08. The van der Waals surface area contributed by atoms with Crippen LogP contribution in [0.1, 0.15) is 19.4 Å². The topological polar surface area (TPSA) is 111 Å². The smallest absolute Gasteiger partial charge is 0.321 e. The second kappa shape index (κ2) is 7.88. The van der Waals surface area contributed by atoms with Crippen molar-refractivity contribution in [1.29, 1.82) is 0 Å². The summed E-state index contributed by atoms with van der Waals surface area (Å²) in [5.41, 5.74) is 6.84. The number of amides is 3. The summed E-state index contributed by atoms with van der Waals surface area (Å²) in [6, 6.07) is 6.19. The molecule has 21 heavy (non-hydrogen) atoms. The van der Waals surface area contributed by atoms with Gasteiger partial charge in [-0.15, -0.1) is 0 Å². The molecule has 0 spiro atoms. The molecule has 7 nitrogen and oxygen atoms in total. The molecule has 1 aromatic carbocycles. The van der Waals surface area contributed by atoms with Crippen LogP contribution in [0.15, 0.2) is 24.3 Å². The summed E-state index contributed by atoms with van der Waals surface area (Å²) in [4.78, 5) is 34.5. The molecule has 0 aliphatic carbocycles. The quantitative estimate of drug-likeness (QED) is 0.543. The van der Waals surface area contributed by atoms with Crippen molar-refractivity contribution in [1.82, 2.24) is 10.6 Å². The number of urea groups is 1. The van der Waals surface area contributed by atoms with E-state index >= 15 is 0 Å². The molecular weight excluding hydrogens is 274 g/mol. The number of carbonyl (C=O) groups is 3. The van der Waals surface area contributed by atoms with Gasteiger partial charge in [0.25, 0.3) is 5.91 Å². The largest absolute Gasteiger partial charge is 0.452 e. The van der Waals surface area contributed by atoms with E-state index in [2.05, 4.69) is 10.6 Å². The average molecular weight is 293 g/mol. The van der Waals surface area contributed by atoms with Gasteiger partial charge in [-0.2, -0.15) is 0 Å². The maximum absolute atomic E-state index is 11.7. The number of imide groups is 1. The van der Waals surface area contributed by atoms with E-state index in [1.807, 2.05) is 0 Å². The van der Waals surface area contributed by atoms with E-state index in [-0.39, 0.29) is 6.42 Å². The minimum absolute atomic E-state index is 0.00379. The SMILES string of the molecule is CCNC(=O)NC(=O)C(C)OC(=O)Cc1cccc(N)c1. The van der Waals surface area contributed by atoms with E-state index in [1.54, 1.807) is 31.2 Å². The van der Waals surface area contributed by atoms with Crippen molar-refractivity contribution in [3.63, 3.8) is 0 Å². The van der Waals surface area contributed by atoms with Crippen LogP contribution < -0.4 is 16.4 Å². The van der Waals surface area contributed by atoms with Crippen LogP contribution in [0, 0.1) is 0 Å². The number of esters is 1. The van der Waals surface area contributed by atoms with Crippen molar-refractivity contribution in [2.75, 3.05) is 12.3 Å². The van der Waals surface area contributed by atoms with E-state index in [4.69, 9.17) is 10.5 Å². The number of rotatable bonds is 5. The first-order valence-electron chi connectivity index (χ1n) is 6.55. The number of nitrogens with two attached hydrogens (primary N) is 1. The Balaban J connectivity index is 2.46. The van der Waals surface area contributed by atoms with Crippen LogP contribution in [-0.4, -0.2) is 30.6 Å². The fourth-order valence-corrected chi connectivity index (χ4v) is 1.58. The van der Waals surface area contributed by atoms with Crippen molar-refractivity contribution in [3.05, 3.63) is 29.8 Å². The molecule has 0 bridgehead atoms. The average Bonchev–Trinajstić information content (AvgIpc) is 2.38. The van der Waals surface area contributed by atoms with Gasteiger partial charge in [0.1, 0.15) is 0 Å². The number of anilines is 1. The molecule has 114 valence electrons. The number of ether oxygens (including phenoxy) is 1. The first-order chi connectivity index (χ1) is 9.92. The van der Waals surface area contributed by atoms with Gasteiger partial charge in [-0.25, -0.2) is 4.79 Å². The Morgan fingerprint density at radius 3 is 2.67 bits per heavy atom. The van der Waals surface area contributed by atoms with Crippen molar-refractivity contribution >= 4 is 23.6 Å². The molecule has 1 unspecified atom stereocenters. The van der Waals surface area contributed by atoms with Gasteiger partial charge in [0.15, 0.2) is 6.10 Å². The van der Waals surface area contributed by atoms with Crippen molar-refractivity contribution < 1.29 is 19.1 Å². The molecule has 1 atom stereocenters. The van der Waals surface area contributed by atoms with Crippen LogP contribution in [0.4, 0.5) is 10.5 Å². The lowest BCUT2D eigenvalue weighted by atomic mass is 10.1. The summed E-state index contributed by atoms with van der Waals surface area (Å²) < 4.78 is 4.96. The molecule has 0 saturated carbocycles. The Hall–Kier alpha value is -2.57. The van der Waals surface area contributed by atoms with Crippen LogP contribution in [0.2, 0.25) is 0 Å². The molecule has 7 heteroatoms. The Labute approximate surface area is 122 Å². The van der Waals surface area contributed by atoms with Gasteiger partial charge in [-0.3, -0.25) is 14.9 Å². The second-order valence-corrected chi connectivity index (χ2v) is 4.40. The summed E-state index contributed by atoms with van der Waals surface area (Å²) >= 11 is 0.